The van der Waals surface area contributed by atoms with Gasteiger partial charge in [-0.1, -0.05) is 4.68 Å². The van der Waals surface area contributed by atoms with Crippen molar-refractivity contribution in [1.29, 1.82) is 5.26 Å². The lowest BCUT2D eigenvalue weighted by atomic mass is 10.4. The summed E-state index contributed by atoms with van der Waals surface area (Å²) in [6, 6.07) is 7.49. The predicted molar refractivity (Wildman–Crippen MR) is 54.2 cm³/mol. The van der Waals surface area contributed by atoms with Crippen molar-refractivity contribution in [2.24, 2.45) is 0 Å². The van der Waals surface area contributed by atoms with E-state index >= 15 is 0 Å². The first kappa shape index (κ1) is 10.5. The number of rotatable bonds is 2. The molecule has 0 aliphatic heterocycles. The van der Waals surface area contributed by atoms with Gasteiger partial charge in [0.1, 0.15) is 0 Å². The maximum atomic E-state index is 11.2. The summed E-state index contributed by atoms with van der Waals surface area (Å²) in [6.45, 7) is 1.88. The summed E-state index contributed by atoms with van der Waals surface area (Å²) < 4.78 is 1.62. The minimum atomic E-state index is -0.231. The van der Waals surface area contributed by atoms with Crippen molar-refractivity contribution in [2.45, 2.75) is 6.92 Å². The van der Waals surface area contributed by atoms with E-state index in [4.69, 9.17) is 5.26 Å². The van der Waals surface area contributed by atoms with Crippen LogP contribution in [0.2, 0.25) is 0 Å². The number of thioether (sulfide) groups is 1. The van der Waals surface area contributed by atoms with Gasteiger partial charge in [0.15, 0.2) is 6.20 Å². The van der Waals surface area contributed by atoms with Gasteiger partial charge in [-0.15, -0.1) is 5.43 Å². The Morgan fingerprint density at radius 2 is 2.50 bits per heavy atom. The normalized spacial score (nSPS) is 9.14. The number of carbonyl (C=O) groups is 1. The Balaban J connectivity index is 2.57. The number of aryl methyl sites for hydroxylation is 1. The van der Waals surface area contributed by atoms with Gasteiger partial charge in [-0.3, -0.25) is 4.79 Å². The molecule has 14 heavy (non-hydrogen) atoms. The Labute approximate surface area is 86.5 Å². The quantitative estimate of drug-likeness (QED) is 0.743. The van der Waals surface area contributed by atoms with Gasteiger partial charge in [0.2, 0.25) is 5.69 Å². The fourth-order valence-corrected chi connectivity index (χ4v) is 1.24. The van der Waals surface area contributed by atoms with Gasteiger partial charge in [0.25, 0.3) is 0 Å². The summed E-state index contributed by atoms with van der Waals surface area (Å²) in [4.78, 5) is 11.2. The second-order valence-corrected chi connectivity index (χ2v) is 3.51. The van der Waals surface area contributed by atoms with E-state index in [1.54, 1.807) is 10.9 Å². The predicted octanol–water partition coefficient (Wildman–Crippen LogP) is 1.20. The lowest BCUT2D eigenvalue weighted by molar-refractivity contribution is -0.647. The highest BCUT2D eigenvalue weighted by atomic mass is 32.2. The number of nitrogens with one attached hydrogen (secondary N) is 1. The maximum absolute atomic E-state index is 11.2. The molecule has 1 rings (SSSR count). The van der Waals surface area contributed by atoms with Gasteiger partial charge in [-0.2, -0.15) is 5.26 Å². The first-order valence-corrected chi connectivity index (χ1v) is 5.00. The highest BCUT2D eigenvalue weighted by Crippen LogP contribution is 1.99. The monoisotopic (exact) mass is 208 g/mol. The van der Waals surface area contributed by atoms with E-state index in [1.807, 2.05) is 31.2 Å². The molecule has 0 aliphatic rings. The molecule has 1 aromatic rings. The molecule has 1 N–H and O–H groups in total. The van der Waals surface area contributed by atoms with Gasteiger partial charge >= 0.3 is 5.24 Å². The van der Waals surface area contributed by atoms with Crippen LogP contribution in [-0.2, 0) is 0 Å². The number of aromatic nitrogens is 1. The fraction of sp³-hybridized carbons (Fsp3) is 0.222. The molecule has 0 spiro atoms. The van der Waals surface area contributed by atoms with E-state index < -0.39 is 0 Å². The molecule has 0 bridgehead atoms. The summed E-state index contributed by atoms with van der Waals surface area (Å²) in [5.74, 6) is 0.165. The number of hydrogen-bond acceptors (Lipinski definition) is 3. The molecule has 0 atom stereocenters. The SMILES string of the molecule is Cc1cccc[n+]1NC(=O)SCC#N. The van der Waals surface area contributed by atoms with Crippen molar-refractivity contribution < 1.29 is 9.47 Å². The number of hydrogen-bond donors (Lipinski definition) is 1. The molecule has 5 heteroatoms. The highest BCUT2D eigenvalue weighted by molar-refractivity contribution is 8.14. The van der Waals surface area contributed by atoms with Crippen LogP contribution in [0, 0.1) is 18.3 Å². The average Bonchev–Trinajstić information content (AvgIpc) is 2.18. The summed E-state index contributed by atoms with van der Waals surface area (Å²) in [7, 11) is 0. The van der Waals surface area contributed by atoms with E-state index in [1.165, 1.54) is 0 Å². The number of nitriles is 1. The van der Waals surface area contributed by atoms with Crippen LogP contribution in [0.5, 0.6) is 0 Å². The number of amides is 1. The van der Waals surface area contributed by atoms with Gasteiger partial charge in [-0.05, 0) is 17.8 Å². The van der Waals surface area contributed by atoms with Crippen molar-refractivity contribution in [1.82, 2.24) is 0 Å². The van der Waals surface area contributed by atoms with E-state index in [0.29, 0.717) is 0 Å². The Hall–Kier alpha value is -1.54. The average molecular weight is 208 g/mol. The third kappa shape index (κ3) is 3.07. The van der Waals surface area contributed by atoms with Crippen molar-refractivity contribution in [2.75, 3.05) is 11.2 Å². The van der Waals surface area contributed by atoms with Gasteiger partial charge < -0.3 is 0 Å². The second kappa shape index (κ2) is 5.25. The molecule has 1 heterocycles. The van der Waals surface area contributed by atoms with E-state index in [2.05, 4.69) is 5.43 Å². The van der Waals surface area contributed by atoms with Crippen LogP contribution in [0.1, 0.15) is 5.69 Å². The molecule has 4 nitrogen and oxygen atoms in total. The zero-order valence-electron chi connectivity index (χ0n) is 7.73. The largest absolute Gasteiger partial charge is 0.333 e. The maximum Gasteiger partial charge on any atom is 0.333 e. The van der Waals surface area contributed by atoms with Crippen LogP contribution in [0.4, 0.5) is 4.79 Å². The Bertz CT molecular complexity index is 373. The van der Waals surface area contributed by atoms with Crippen LogP contribution >= 0.6 is 11.8 Å². The van der Waals surface area contributed by atoms with Crippen LogP contribution in [0.3, 0.4) is 0 Å². The van der Waals surface area contributed by atoms with Gasteiger partial charge in [0.05, 0.1) is 11.8 Å². The molecular formula is C9H10N3OS+. The third-order valence-corrected chi connectivity index (χ3v) is 2.17. The molecule has 0 fully saturated rings. The summed E-state index contributed by atoms with van der Waals surface area (Å²) in [6.07, 6.45) is 1.75. The van der Waals surface area contributed by atoms with Crippen LogP contribution in [-0.4, -0.2) is 11.0 Å². The Morgan fingerprint density at radius 3 is 3.14 bits per heavy atom. The van der Waals surface area contributed by atoms with Crippen molar-refractivity contribution in [3.05, 3.63) is 30.1 Å². The zero-order valence-corrected chi connectivity index (χ0v) is 8.54. The molecular weight excluding hydrogens is 198 g/mol. The summed E-state index contributed by atoms with van der Waals surface area (Å²) in [5.41, 5.74) is 3.56. The lowest BCUT2D eigenvalue weighted by Crippen LogP contribution is -2.48. The van der Waals surface area contributed by atoms with E-state index in [9.17, 15) is 4.79 Å². The van der Waals surface area contributed by atoms with Gasteiger partial charge in [0, 0.05) is 19.1 Å². The minimum Gasteiger partial charge on any atom is -0.256 e. The molecule has 0 unspecified atom stereocenters. The summed E-state index contributed by atoms with van der Waals surface area (Å²) >= 11 is 0.948. The van der Waals surface area contributed by atoms with Gasteiger partial charge in [-0.25, -0.2) is 0 Å². The van der Waals surface area contributed by atoms with Crippen molar-refractivity contribution in [3.63, 3.8) is 0 Å². The molecule has 1 amide bonds. The summed E-state index contributed by atoms with van der Waals surface area (Å²) in [5, 5.41) is 8.05. The highest BCUT2D eigenvalue weighted by Gasteiger charge is 2.09. The van der Waals surface area contributed by atoms with Crippen LogP contribution < -0.4 is 10.1 Å². The Morgan fingerprint density at radius 1 is 1.71 bits per heavy atom. The molecule has 0 aromatic carbocycles. The first-order valence-electron chi connectivity index (χ1n) is 4.02. The van der Waals surface area contributed by atoms with Crippen molar-refractivity contribution in [3.8, 4) is 6.07 Å². The van der Waals surface area contributed by atoms with Crippen LogP contribution in [0.25, 0.3) is 0 Å². The standard InChI is InChI=1S/C9H9N3OS/c1-8-4-2-3-6-12(8)11-9(13)14-7-5-10/h2-4,6H,7H2,1H3/p+1. The van der Waals surface area contributed by atoms with Crippen LogP contribution in [0.15, 0.2) is 24.4 Å². The number of nitrogens with zero attached hydrogens (tertiary/aromatic N) is 2. The Kier molecular flexibility index (Phi) is 3.95. The second-order valence-electron chi connectivity index (χ2n) is 2.56. The minimum absolute atomic E-state index is 0.165. The van der Waals surface area contributed by atoms with Crippen molar-refractivity contribution >= 4 is 17.0 Å². The zero-order chi connectivity index (χ0) is 10.4. The topological polar surface area (TPSA) is 56.8 Å². The molecule has 1 aromatic heterocycles. The van der Waals surface area contributed by atoms with E-state index in [0.717, 1.165) is 17.5 Å². The molecule has 0 radical (unpaired) electrons. The third-order valence-electron chi connectivity index (χ3n) is 1.54. The van der Waals surface area contributed by atoms with E-state index in [-0.39, 0.29) is 11.0 Å². The number of carbonyl (C=O) groups excluding carboxylic acids is 1. The fourth-order valence-electron chi connectivity index (χ4n) is 0.882. The molecule has 0 saturated carbocycles. The molecule has 0 saturated heterocycles. The molecule has 72 valence electrons. The first-order chi connectivity index (χ1) is 6.74. The number of pyridine rings is 1. The lowest BCUT2D eigenvalue weighted by Gasteiger charge is -1.98. The molecule has 0 aliphatic carbocycles. The smallest absolute Gasteiger partial charge is 0.256 e.